The van der Waals surface area contributed by atoms with Crippen LogP contribution in [0, 0.1) is 0 Å². The van der Waals surface area contributed by atoms with Crippen LogP contribution in [0.2, 0.25) is 0 Å². The molecule has 1 aromatic heterocycles. The first kappa shape index (κ1) is 18.0. The van der Waals surface area contributed by atoms with Gasteiger partial charge in [-0.3, -0.25) is 4.99 Å². The van der Waals surface area contributed by atoms with Crippen molar-refractivity contribution in [2.45, 2.75) is 24.6 Å². The van der Waals surface area contributed by atoms with E-state index in [0.717, 1.165) is 36.1 Å². The summed E-state index contributed by atoms with van der Waals surface area (Å²) < 4.78 is 1.13. The van der Waals surface area contributed by atoms with Crippen molar-refractivity contribution >= 4 is 53.0 Å². The van der Waals surface area contributed by atoms with E-state index < -0.39 is 0 Å². The third-order valence-corrected chi connectivity index (χ3v) is 4.35. The molecule has 1 aromatic rings. The minimum absolute atomic E-state index is 0. The number of rotatable bonds is 7. The Labute approximate surface area is 134 Å². The molecule has 104 valence electrons. The van der Waals surface area contributed by atoms with E-state index in [4.69, 9.17) is 5.73 Å². The Bertz CT molecular complexity index is 326. The number of thioether (sulfide) groups is 1. The fraction of sp³-hybridized carbons (Fsp3) is 0.636. The second kappa shape index (κ2) is 10.9. The van der Waals surface area contributed by atoms with E-state index >= 15 is 0 Å². The molecule has 0 saturated carbocycles. The molecule has 4 nitrogen and oxygen atoms in total. The number of hydrogen-bond donors (Lipinski definition) is 1. The third kappa shape index (κ3) is 6.79. The maximum absolute atomic E-state index is 5.87. The molecule has 0 saturated heterocycles. The molecule has 0 fully saturated rings. The normalized spacial score (nSPS) is 11.1. The highest BCUT2D eigenvalue weighted by molar-refractivity contribution is 14.0. The lowest BCUT2D eigenvalue weighted by Crippen LogP contribution is -2.37. The molecule has 0 atom stereocenters. The van der Waals surface area contributed by atoms with Crippen molar-refractivity contribution in [2.75, 3.05) is 25.4 Å². The minimum atomic E-state index is 0. The fourth-order valence-electron chi connectivity index (χ4n) is 1.35. The molecule has 0 aliphatic rings. The van der Waals surface area contributed by atoms with Gasteiger partial charge in [0, 0.05) is 37.0 Å². The Hall–Kier alpha value is -0.0200. The van der Waals surface area contributed by atoms with Crippen molar-refractivity contribution < 1.29 is 0 Å². The van der Waals surface area contributed by atoms with Crippen molar-refractivity contribution in [1.82, 2.24) is 9.88 Å². The molecule has 7 heteroatoms. The summed E-state index contributed by atoms with van der Waals surface area (Å²) in [5.41, 5.74) is 5.87. The van der Waals surface area contributed by atoms with Crippen LogP contribution in [-0.2, 0) is 0 Å². The molecule has 0 amide bonds. The SMILES string of the molecule is CCN(CC)C(N)=NCCCSc1nccs1.I. The predicted octanol–water partition coefficient (Wildman–Crippen LogP) is 2.90. The molecule has 1 heterocycles. The van der Waals surface area contributed by atoms with Gasteiger partial charge in [-0.2, -0.15) is 0 Å². The van der Waals surface area contributed by atoms with E-state index in [1.54, 1.807) is 23.1 Å². The zero-order valence-corrected chi connectivity index (χ0v) is 14.8. The van der Waals surface area contributed by atoms with Gasteiger partial charge in [0.05, 0.1) is 0 Å². The summed E-state index contributed by atoms with van der Waals surface area (Å²) in [5, 5.41) is 2.00. The Morgan fingerprint density at radius 1 is 1.50 bits per heavy atom. The van der Waals surface area contributed by atoms with Crippen molar-refractivity contribution in [3.8, 4) is 0 Å². The number of hydrogen-bond acceptors (Lipinski definition) is 4. The van der Waals surface area contributed by atoms with Crippen LogP contribution in [0.3, 0.4) is 0 Å². The van der Waals surface area contributed by atoms with Crippen LogP contribution < -0.4 is 5.73 Å². The van der Waals surface area contributed by atoms with Crippen LogP contribution in [0.15, 0.2) is 20.9 Å². The monoisotopic (exact) mass is 400 g/mol. The van der Waals surface area contributed by atoms with Gasteiger partial charge >= 0.3 is 0 Å². The van der Waals surface area contributed by atoms with Gasteiger partial charge in [0.15, 0.2) is 5.96 Å². The Morgan fingerprint density at radius 3 is 2.78 bits per heavy atom. The molecule has 0 spiro atoms. The molecule has 0 bridgehead atoms. The van der Waals surface area contributed by atoms with Crippen LogP contribution in [0.25, 0.3) is 0 Å². The molecule has 2 N–H and O–H groups in total. The van der Waals surface area contributed by atoms with Gasteiger partial charge in [0.1, 0.15) is 4.34 Å². The second-order valence-corrected chi connectivity index (χ2v) is 5.65. The number of halogens is 1. The number of guanidine groups is 1. The van der Waals surface area contributed by atoms with E-state index in [1.807, 2.05) is 11.6 Å². The summed E-state index contributed by atoms with van der Waals surface area (Å²) in [6.45, 7) is 6.80. The summed E-state index contributed by atoms with van der Waals surface area (Å²) in [4.78, 5) is 10.7. The molecule has 0 radical (unpaired) electrons. The van der Waals surface area contributed by atoms with Crippen molar-refractivity contribution in [2.24, 2.45) is 10.7 Å². The van der Waals surface area contributed by atoms with Crippen molar-refractivity contribution in [1.29, 1.82) is 0 Å². The largest absolute Gasteiger partial charge is 0.370 e. The predicted molar refractivity (Wildman–Crippen MR) is 92.3 cm³/mol. The maximum Gasteiger partial charge on any atom is 0.191 e. The molecule has 0 aromatic carbocycles. The van der Waals surface area contributed by atoms with E-state index in [1.165, 1.54) is 0 Å². The number of thiazole rings is 1. The molecular weight excluding hydrogens is 379 g/mol. The van der Waals surface area contributed by atoms with Crippen LogP contribution in [0.4, 0.5) is 0 Å². The lowest BCUT2D eigenvalue weighted by atomic mass is 10.5. The fourth-order valence-corrected chi connectivity index (χ4v) is 2.98. The van der Waals surface area contributed by atoms with Crippen molar-refractivity contribution in [3.05, 3.63) is 11.6 Å². The molecular formula is C11H21IN4S2. The number of nitrogens with two attached hydrogens (primary N) is 1. The summed E-state index contributed by atoms with van der Waals surface area (Å²) in [6, 6.07) is 0. The van der Waals surface area contributed by atoms with Crippen LogP contribution in [0.1, 0.15) is 20.3 Å². The Morgan fingerprint density at radius 2 is 2.22 bits per heavy atom. The van der Waals surface area contributed by atoms with Crippen molar-refractivity contribution in [3.63, 3.8) is 0 Å². The van der Waals surface area contributed by atoms with Crippen LogP contribution in [0.5, 0.6) is 0 Å². The Kier molecular flexibility index (Phi) is 10.8. The number of aromatic nitrogens is 1. The molecule has 0 aliphatic carbocycles. The standard InChI is InChI=1S/C11H20N4S2.HI/c1-3-15(4-2)10(12)13-6-5-8-16-11-14-7-9-17-11;/h7,9H,3-6,8H2,1-2H3,(H2,12,13);1H. The van der Waals surface area contributed by atoms with Gasteiger partial charge in [-0.1, -0.05) is 11.8 Å². The molecule has 0 aliphatic heterocycles. The summed E-state index contributed by atoms with van der Waals surface area (Å²) in [5.74, 6) is 1.71. The summed E-state index contributed by atoms with van der Waals surface area (Å²) >= 11 is 3.46. The number of nitrogens with zero attached hydrogens (tertiary/aromatic N) is 3. The van der Waals surface area contributed by atoms with Gasteiger partial charge in [0.2, 0.25) is 0 Å². The van der Waals surface area contributed by atoms with E-state index in [0.29, 0.717) is 5.96 Å². The summed E-state index contributed by atoms with van der Waals surface area (Å²) in [6.07, 6.45) is 2.87. The van der Waals surface area contributed by atoms with Gasteiger partial charge in [0.25, 0.3) is 0 Å². The quantitative estimate of drug-likeness (QED) is 0.251. The van der Waals surface area contributed by atoms with Crippen LogP contribution in [-0.4, -0.2) is 41.2 Å². The lowest BCUT2D eigenvalue weighted by molar-refractivity contribution is 0.458. The zero-order chi connectivity index (χ0) is 12.5. The highest BCUT2D eigenvalue weighted by Gasteiger charge is 2.01. The first-order chi connectivity index (χ1) is 8.27. The van der Waals surface area contributed by atoms with Gasteiger partial charge < -0.3 is 10.6 Å². The zero-order valence-electron chi connectivity index (χ0n) is 10.8. The van der Waals surface area contributed by atoms with Gasteiger partial charge in [-0.05, 0) is 20.3 Å². The second-order valence-electron chi connectivity index (χ2n) is 3.41. The number of aliphatic imine (C=N–C) groups is 1. The third-order valence-electron chi connectivity index (χ3n) is 2.30. The van der Waals surface area contributed by atoms with E-state index in [9.17, 15) is 0 Å². The first-order valence-corrected chi connectivity index (χ1v) is 7.71. The van der Waals surface area contributed by atoms with Crippen LogP contribution >= 0.6 is 47.1 Å². The maximum atomic E-state index is 5.87. The topological polar surface area (TPSA) is 54.5 Å². The highest BCUT2D eigenvalue weighted by atomic mass is 127. The molecule has 1 rings (SSSR count). The molecule has 0 unspecified atom stereocenters. The van der Waals surface area contributed by atoms with E-state index in [-0.39, 0.29) is 24.0 Å². The summed E-state index contributed by atoms with van der Waals surface area (Å²) in [7, 11) is 0. The van der Waals surface area contributed by atoms with Gasteiger partial charge in [-0.25, -0.2) is 4.98 Å². The van der Waals surface area contributed by atoms with E-state index in [2.05, 4.69) is 28.7 Å². The Balaban J connectivity index is 0.00000289. The minimum Gasteiger partial charge on any atom is -0.370 e. The highest BCUT2D eigenvalue weighted by Crippen LogP contribution is 2.20. The smallest absolute Gasteiger partial charge is 0.191 e. The average Bonchev–Trinajstić information content (AvgIpc) is 2.83. The molecule has 18 heavy (non-hydrogen) atoms. The average molecular weight is 400 g/mol. The lowest BCUT2D eigenvalue weighted by Gasteiger charge is -2.19. The van der Waals surface area contributed by atoms with Gasteiger partial charge in [-0.15, -0.1) is 35.3 Å². The first-order valence-electron chi connectivity index (χ1n) is 5.85.